The predicted molar refractivity (Wildman–Crippen MR) is 277 cm³/mol. The molecule has 17 heteroatoms. The van der Waals surface area contributed by atoms with Crippen molar-refractivity contribution in [3.63, 3.8) is 0 Å². The lowest BCUT2D eigenvalue weighted by Gasteiger charge is -1.99. The van der Waals surface area contributed by atoms with E-state index >= 15 is 0 Å². The summed E-state index contributed by atoms with van der Waals surface area (Å²) < 4.78 is 0. The number of hydrogen-bond acceptors (Lipinski definition) is 13. The molecule has 0 atom stereocenters. The number of hydrogen-bond donors (Lipinski definition) is 4. The Morgan fingerprint density at radius 1 is 0.329 bits per heavy atom. The number of carboxylic acids is 4. The highest BCUT2D eigenvalue weighted by Gasteiger charge is 2.25. The lowest BCUT2D eigenvalue weighted by atomic mass is 10.1. The molecule has 6 aromatic heterocycles. The first kappa shape index (κ1) is 49.2. The van der Waals surface area contributed by atoms with Crippen LogP contribution < -0.4 is 0 Å². The Bertz CT molecular complexity index is 3280. The topological polar surface area (TPSA) is 200 Å². The number of benzene rings is 3. The third-order valence-electron chi connectivity index (χ3n) is 10.4. The summed E-state index contributed by atoms with van der Waals surface area (Å²) in [7, 11) is 0. The first-order valence-electron chi connectivity index (χ1n) is 21.0. The van der Waals surface area contributed by atoms with Crippen LogP contribution in [0.2, 0.25) is 0 Å². The number of rotatable bonds is 18. The maximum Gasteiger partial charge on any atom is 0.307 e. The Balaban J connectivity index is 0.000000193. The van der Waals surface area contributed by atoms with Gasteiger partial charge in [-0.3, -0.25) is 33.6 Å². The average molecular weight is 1040 g/mol. The van der Waals surface area contributed by atoms with Crippen molar-refractivity contribution in [2.75, 3.05) is 0 Å². The molecular formula is C53H36O11S6. The third kappa shape index (κ3) is 11.6. The molecule has 70 heavy (non-hydrogen) atoms. The van der Waals surface area contributed by atoms with E-state index in [1.54, 1.807) is 91.0 Å². The number of aliphatic carboxylic acids is 4. The lowest BCUT2D eigenvalue weighted by Crippen LogP contribution is -2.00. The van der Waals surface area contributed by atoms with Gasteiger partial charge in [0.05, 0.1) is 40.3 Å². The van der Waals surface area contributed by atoms with Crippen LogP contribution >= 0.6 is 68.0 Å². The minimum atomic E-state index is -1.00. The average Bonchev–Trinajstić information content (AvgIpc) is 4.22. The Labute approximate surface area is 423 Å². The van der Waals surface area contributed by atoms with Gasteiger partial charge in [0, 0.05) is 55.7 Å². The number of carbonyl (C=O) groups excluding carboxylic acids is 3. The summed E-state index contributed by atoms with van der Waals surface area (Å²) in [4.78, 5) is 92.5. The van der Waals surface area contributed by atoms with Gasteiger partial charge in [-0.05, 0) is 76.2 Å². The van der Waals surface area contributed by atoms with Crippen LogP contribution in [0.1, 0.15) is 68.0 Å². The summed E-state index contributed by atoms with van der Waals surface area (Å²) >= 11 is 8.10. The highest BCUT2D eigenvalue weighted by Crippen LogP contribution is 2.45. The molecule has 0 saturated carbocycles. The van der Waals surface area contributed by atoms with Gasteiger partial charge in [0.2, 0.25) is 17.3 Å². The third-order valence-corrected chi connectivity index (χ3v) is 17.8. The largest absolute Gasteiger partial charge is 0.481 e. The van der Waals surface area contributed by atoms with E-state index in [4.69, 9.17) is 5.11 Å². The Hall–Kier alpha value is -7.25. The van der Waals surface area contributed by atoms with E-state index in [9.17, 15) is 48.9 Å². The van der Waals surface area contributed by atoms with Crippen LogP contribution in [0.3, 0.4) is 0 Å². The van der Waals surface area contributed by atoms with Gasteiger partial charge in [-0.2, -0.15) is 0 Å². The van der Waals surface area contributed by atoms with Crippen molar-refractivity contribution < 1.29 is 54.0 Å². The van der Waals surface area contributed by atoms with Crippen LogP contribution in [-0.4, -0.2) is 61.7 Å². The summed E-state index contributed by atoms with van der Waals surface area (Å²) in [5, 5.41) is 39.3. The molecule has 9 rings (SSSR count). The van der Waals surface area contributed by atoms with Crippen LogP contribution in [0.25, 0.3) is 39.0 Å². The van der Waals surface area contributed by atoms with E-state index in [1.807, 2.05) is 53.9 Å². The summed E-state index contributed by atoms with van der Waals surface area (Å²) in [6, 6.07) is 40.8. The molecule has 11 nitrogen and oxygen atoms in total. The summed E-state index contributed by atoms with van der Waals surface area (Å²) in [6.07, 6.45) is -0.699. The first-order chi connectivity index (χ1) is 33.7. The van der Waals surface area contributed by atoms with Crippen molar-refractivity contribution in [3.05, 3.63) is 198 Å². The SMILES string of the molecule is O=C(O)Cc1cc(C(=O)c2ccccc2)sc1-c1ccc(-c2sc(C(=O)c3ccccc3)cc2CC(=O)O)s1.O=C(O)Cc1ccsc1-c1ccc(-c2sc(C(=O)c3ccccc3)cc2CC(=O)O)s1. The second kappa shape index (κ2) is 22.0. The van der Waals surface area contributed by atoms with E-state index < -0.39 is 23.9 Å². The second-order valence-corrected chi connectivity index (χ2v) is 21.6. The van der Waals surface area contributed by atoms with Gasteiger partial charge < -0.3 is 20.4 Å². The van der Waals surface area contributed by atoms with Gasteiger partial charge in [0.15, 0.2) is 0 Å². The predicted octanol–water partition coefficient (Wildman–Crippen LogP) is 12.6. The monoisotopic (exact) mass is 1040 g/mol. The molecule has 3 aromatic carbocycles. The lowest BCUT2D eigenvalue weighted by molar-refractivity contribution is -0.137. The molecule has 0 amide bonds. The molecule has 0 aliphatic rings. The summed E-state index contributed by atoms with van der Waals surface area (Å²) in [5.74, 6) is -4.35. The number of ketones is 3. The standard InChI is InChI=1S/C30H20O6S3.C23H16O5S3/c31-25(32)15-19-13-23(27(35)17-7-3-1-4-8-17)38-29(19)21-11-12-22(37-21)30-20(16-26(33)34)14-24(39-30)28(36)18-9-5-2-6-10-18;24-19(25)11-14-8-9-29-22(14)16-6-7-17(30-16)23-15(12-20(26)27)10-18(31-23)21(28)13-4-2-1-3-5-13/h1-14H,15-16H2,(H,31,32)(H,33,34);1-10H,11-12H2,(H,24,25)(H,26,27). The highest BCUT2D eigenvalue weighted by molar-refractivity contribution is 7.28. The van der Waals surface area contributed by atoms with E-state index in [0.29, 0.717) is 57.8 Å². The van der Waals surface area contributed by atoms with Gasteiger partial charge >= 0.3 is 23.9 Å². The minimum Gasteiger partial charge on any atom is -0.481 e. The van der Waals surface area contributed by atoms with Crippen LogP contribution in [0.5, 0.6) is 0 Å². The maximum atomic E-state index is 13.1. The smallest absolute Gasteiger partial charge is 0.307 e. The molecule has 350 valence electrons. The van der Waals surface area contributed by atoms with Crippen molar-refractivity contribution in [1.82, 2.24) is 0 Å². The molecule has 0 bridgehead atoms. The van der Waals surface area contributed by atoms with Gasteiger partial charge in [0.25, 0.3) is 0 Å². The van der Waals surface area contributed by atoms with Gasteiger partial charge in [0.1, 0.15) is 0 Å². The molecule has 0 aliphatic carbocycles. The van der Waals surface area contributed by atoms with Crippen LogP contribution in [0.4, 0.5) is 0 Å². The Morgan fingerprint density at radius 3 is 0.914 bits per heavy atom. The zero-order chi connectivity index (χ0) is 49.5. The fraction of sp³-hybridized carbons (Fsp3) is 0.0755. The quantitative estimate of drug-likeness (QED) is 0.0596. The minimum absolute atomic E-state index is 0.0505. The fourth-order valence-electron chi connectivity index (χ4n) is 7.34. The van der Waals surface area contributed by atoms with E-state index in [1.165, 1.54) is 68.0 Å². The fourth-order valence-corrected chi connectivity index (χ4v) is 14.3. The second-order valence-electron chi connectivity index (χ2n) is 15.4. The van der Waals surface area contributed by atoms with E-state index in [-0.39, 0.29) is 43.0 Å². The summed E-state index contributed by atoms with van der Waals surface area (Å²) in [6.45, 7) is 0. The van der Waals surface area contributed by atoms with Gasteiger partial charge in [-0.1, -0.05) is 91.0 Å². The molecule has 0 radical (unpaired) electrons. The number of thiophene rings is 6. The first-order valence-corrected chi connectivity index (χ1v) is 26.0. The number of carboxylic acid groups (broad SMARTS) is 4. The van der Waals surface area contributed by atoms with Crippen molar-refractivity contribution >= 4 is 109 Å². The highest BCUT2D eigenvalue weighted by atomic mass is 32.1. The molecular weight excluding hydrogens is 1000 g/mol. The van der Waals surface area contributed by atoms with E-state index in [0.717, 1.165) is 34.8 Å². The van der Waals surface area contributed by atoms with Crippen LogP contribution in [-0.2, 0) is 44.9 Å². The molecule has 9 aromatic rings. The maximum absolute atomic E-state index is 13.1. The van der Waals surface area contributed by atoms with Crippen molar-refractivity contribution in [2.45, 2.75) is 25.7 Å². The van der Waals surface area contributed by atoms with Gasteiger partial charge in [-0.15, -0.1) is 68.0 Å². The Morgan fingerprint density at radius 2 is 0.614 bits per heavy atom. The molecule has 0 aliphatic heterocycles. The van der Waals surface area contributed by atoms with Crippen molar-refractivity contribution in [1.29, 1.82) is 0 Å². The van der Waals surface area contributed by atoms with E-state index in [2.05, 4.69) is 0 Å². The van der Waals surface area contributed by atoms with Gasteiger partial charge in [-0.25, -0.2) is 0 Å². The van der Waals surface area contributed by atoms with Crippen molar-refractivity contribution in [3.8, 4) is 39.0 Å². The van der Waals surface area contributed by atoms with Crippen LogP contribution in [0.15, 0.2) is 145 Å². The molecule has 6 heterocycles. The molecule has 0 fully saturated rings. The number of carbonyl (C=O) groups is 7. The molecule has 4 N–H and O–H groups in total. The van der Waals surface area contributed by atoms with Crippen LogP contribution in [0, 0.1) is 0 Å². The molecule has 0 spiro atoms. The zero-order valence-corrected chi connectivity index (χ0v) is 41.2. The Kier molecular flexibility index (Phi) is 15.5. The zero-order valence-electron chi connectivity index (χ0n) is 36.3. The normalized spacial score (nSPS) is 10.9. The molecule has 0 unspecified atom stereocenters. The summed E-state index contributed by atoms with van der Waals surface area (Å²) in [5.41, 5.74) is 4.03. The van der Waals surface area contributed by atoms with Crippen molar-refractivity contribution in [2.24, 2.45) is 0 Å². The molecule has 0 saturated heterocycles.